The van der Waals surface area contributed by atoms with Crippen LogP contribution in [0.5, 0.6) is 5.75 Å². The zero-order valence-electron chi connectivity index (χ0n) is 8.07. The van der Waals surface area contributed by atoms with E-state index in [1.54, 1.807) is 12.1 Å². The lowest BCUT2D eigenvalue weighted by Crippen LogP contribution is -2.35. The van der Waals surface area contributed by atoms with Gasteiger partial charge in [0.25, 0.3) is 0 Å². The molecule has 0 amide bonds. The summed E-state index contributed by atoms with van der Waals surface area (Å²) >= 11 is 0. The third-order valence-corrected chi connectivity index (χ3v) is 2.95. The van der Waals surface area contributed by atoms with Crippen molar-refractivity contribution in [3.8, 4) is 5.75 Å². The molecule has 1 saturated heterocycles. The van der Waals surface area contributed by atoms with Crippen LogP contribution >= 0.6 is 0 Å². The topological polar surface area (TPSA) is 55.5 Å². The summed E-state index contributed by atoms with van der Waals surface area (Å²) in [7, 11) is 0. The van der Waals surface area contributed by atoms with Crippen molar-refractivity contribution < 1.29 is 9.84 Å². The molecule has 76 valence electrons. The Hall–Kier alpha value is -1.06. The predicted octanol–water partition coefficient (Wildman–Crippen LogP) is 1.01. The summed E-state index contributed by atoms with van der Waals surface area (Å²) in [5.74, 6) is 0.294. The number of hydrogen-bond donors (Lipinski definition) is 2. The third kappa shape index (κ3) is 1.49. The summed E-state index contributed by atoms with van der Waals surface area (Å²) in [5, 5.41) is 9.40. The first-order chi connectivity index (χ1) is 6.77. The Morgan fingerprint density at radius 1 is 1.50 bits per heavy atom. The molecule has 1 aliphatic rings. The van der Waals surface area contributed by atoms with Gasteiger partial charge in [-0.25, -0.2) is 0 Å². The van der Waals surface area contributed by atoms with Crippen LogP contribution in [-0.4, -0.2) is 24.9 Å². The molecular weight excluding hydrogens is 178 g/mol. The van der Waals surface area contributed by atoms with E-state index in [2.05, 4.69) is 0 Å². The Kier molecular flexibility index (Phi) is 2.44. The van der Waals surface area contributed by atoms with Gasteiger partial charge in [-0.15, -0.1) is 0 Å². The average molecular weight is 193 g/mol. The van der Waals surface area contributed by atoms with Gasteiger partial charge < -0.3 is 15.6 Å². The smallest absolute Gasteiger partial charge is 0.115 e. The minimum atomic E-state index is -0.0846. The number of ether oxygens (including phenoxy) is 1. The van der Waals surface area contributed by atoms with E-state index in [0.29, 0.717) is 18.9 Å². The first kappa shape index (κ1) is 9.49. The predicted molar refractivity (Wildman–Crippen MR) is 54.3 cm³/mol. The third-order valence-electron chi connectivity index (χ3n) is 2.95. The fourth-order valence-electron chi connectivity index (χ4n) is 1.95. The standard InChI is InChI=1S/C11H15NO2/c12-7-11(4-5-14-8-11)9-2-1-3-10(13)6-9/h1-3,6,13H,4-5,7-8,12H2. The fourth-order valence-corrected chi connectivity index (χ4v) is 1.95. The van der Waals surface area contributed by atoms with Crippen LogP contribution in [0, 0.1) is 0 Å². The van der Waals surface area contributed by atoms with Crippen LogP contribution in [0.15, 0.2) is 24.3 Å². The summed E-state index contributed by atoms with van der Waals surface area (Å²) < 4.78 is 5.38. The van der Waals surface area contributed by atoms with Crippen LogP contribution in [0.3, 0.4) is 0 Å². The number of rotatable bonds is 2. The lowest BCUT2D eigenvalue weighted by atomic mass is 9.80. The lowest BCUT2D eigenvalue weighted by molar-refractivity contribution is 0.178. The van der Waals surface area contributed by atoms with E-state index in [9.17, 15) is 5.11 Å². The highest BCUT2D eigenvalue weighted by molar-refractivity contribution is 5.34. The summed E-state index contributed by atoms with van der Waals surface area (Å²) in [4.78, 5) is 0. The molecule has 1 heterocycles. The van der Waals surface area contributed by atoms with Gasteiger partial charge in [0.15, 0.2) is 0 Å². The minimum Gasteiger partial charge on any atom is -0.508 e. The Morgan fingerprint density at radius 3 is 2.93 bits per heavy atom. The van der Waals surface area contributed by atoms with E-state index >= 15 is 0 Å². The summed E-state index contributed by atoms with van der Waals surface area (Å²) in [6.45, 7) is 1.98. The van der Waals surface area contributed by atoms with Gasteiger partial charge in [0.1, 0.15) is 5.75 Å². The maximum atomic E-state index is 9.40. The second kappa shape index (κ2) is 3.59. The highest BCUT2D eigenvalue weighted by Gasteiger charge is 2.35. The van der Waals surface area contributed by atoms with Gasteiger partial charge in [0.2, 0.25) is 0 Å². The van der Waals surface area contributed by atoms with Gasteiger partial charge in [0.05, 0.1) is 6.61 Å². The van der Waals surface area contributed by atoms with Crippen LogP contribution < -0.4 is 5.73 Å². The maximum absolute atomic E-state index is 9.40. The number of nitrogens with two attached hydrogens (primary N) is 1. The highest BCUT2D eigenvalue weighted by atomic mass is 16.5. The van der Waals surface area contributed by atoms with E-state index in [-0.39, 0.29) is 5.41 Å². The molecule has 3 N–H and O–H groups in total. The number of phenolic OH excluding ortho intramolecular Hbond substituents is 1. The van der Waals surface area contributed by atoms with Crippen molar-refractivity contribution in [2.45, 2.75) is 11.8 Å². The van der Waals surface area contributed by atoms with E-state index in [4.69, 9.17) is 10.5 Å². The first-order valence-corrected chi connectivity index (χ1v) is 4.84. The van der Waals surface area contributed by atoms with Crippen LogP contribution in [0.4, 0.5) is 0 Å². The Labute approximate surface area is 83.5 Å². The van der Waals surface area contributed by atoms with Crippen LogP contribution in [-0.2, 0) is 10.2 Å². The number of phenols is 1. The SMILES string of the molecule is NCC1(c2cccc(O)c2)CCOC1. The molecule has 0 bridgehead atoms. The maximum Gasteiger partial charge on any atom is 0.115 e. The van der Waals surface area contributed by atoms with Gasteiger partial charge in [-0.05, 0) is 24.1 Å². The molecule has 1 aromatic carbocycles. The Balaban J connectivity index is 2.35. The first-order valence-electron chi connectivity index (χ1n) is 4.84. The van der Waals surface area contributed by atoms with Crippen LogP contribution in [0.2, 0.25) is 0 Å². The zero-order chi connectivity index (χ0) is 10.0. The van der Waals surface area contributed by atoms with Crippen molar-refractivity contribution >= 4 is 0 Å². The highest BCUT2D eigenvalue weighted by Crippen LogP contribution is 2.33. The van der Waals surface area contributed by atoms with E-state index in [1.165, 1.54) is 0 Å². The lowest BCUT2D eigenvalue weighted by Gasteiger charge is -2.25. The monoisotopic (exact) mass is 193 g/mol. The molecular formula is C11H15NO2. The number of hydrogen-bond acceptors (Lipinski definition) is 3. The van der Waals surface area contributed by atoms with Crippen molar-refractivity contribution in [2.24, 2.45) is 5.73 Å². The number of benzene rings is 1. The van der Waals surface area contributed by atoms with Gasteiger partial charge in [-0.1, -0.05) is 12.1 Å². The van der Waals surface area contributed by atoms with Gasteiger partial charge in [0, 0.05) is 18.6 Å². The van der Waals surface area contributed by atoms with Crippen molar-refractivity contribution in [3.63, 3.8) is 0 Å². The molecule has 0 radical (unpaired) electrons. The fraction of sp³-hybridized carbons (Fsp3) is 0.455. The molecule has 1 fully saturated rings. The second-order valence-corrected chi connectivity index (χ2v) is 3.84. The molecule has 14 heavy (non-hydrogen) atoms. The second-order valence-electron chi connectivity index (χ2n) is 3.84. The molecule has 1 unspecified atom stereocenters. The Morgan fingerprint density at radius 2 is 2.36 bits per heavy atom. The van der Waals surface area contributed by atoms with Crippen molar-refractivity contribution in [1.82, 2.24) is 0 Å². The molecule has 0 aliphatic carbocycles. The van der Waals surface area contributed by atoms with E-state index in [0.717, 1.165) is 18.6 Å². The van der Waals surface area contributed by atoms with Gasteiger partial charge >= 0.3 is 0 Å². The Bertz CT molecular complexity index is 319. The molecule has 1 aromatic rings. The molecule has 0 aromatic heterocycles. The summed E-state index contributed by atoms with van der Waals surface area (Å²) in [6, 6.07) is 7.30. The number of aromatic hydroxyl groups is 1. The normalized spacial score (nSPS) is 26.6. The molecule has 0 spiro atoms. The molecule has 1 aliphatic heterocycles. The van der Waals surface area contributed by atoms with E-state index < -0.39 is 0 Å². The van der Waals surface area contributed by atoms with Gasteiger partial charge in [-0.3, -0.25) is 0 Å². The average Bonchev–Trinajstić information content (AvgIpc) is 2.67. The zero-order valence-corrected chi connectivity index (χ0v) is 8.07. The molecule has 3 nitrogen and oxygen atoms in total. The molecule has 2 rings (SSSR count). The quantitative estimate of drug-likeness (QED) is 0.737. The van der Waals surface area contributed by atoms with Gasteiger partial charge in [-0.2, -0.15) is 0 Å². The van der Waals surface area contributed by atoms with Crippen LogP contribution in [0.1, 0.15) is 12.0 Å². The molecule has 0 saturated carbocycles. The largest absolute Gasteiger partial charge is 0.508 e. The molecule has 1 atom stereocenters. The minimum absolute atomic E-state index is 0.0846. The summed E-state index contributed by atoms with van der Waals surface area (Å²) in [5.41, 5.74) is 6.79. The van der Waals surface area contributed by atoms with Crippen molar-refractivity contribution in [2.75, 3.05) is 19.8 Å². The van der Waals surface area contributed by atoms with Crippen molar-refractivity contribution in [1.29, 1.82) is 0 Å². The van der Waals surface area contributed by atoms with Crippen molar-refractivity contribution in [3.05, 3.63) is 29.8 Å². The summed E-state index contributed by atoms with van der Waals surface area (Å²) in [6.07, 6.45) is 0.937. The van der Waals surface area contributed by atoms with E-state index in [1.807, 2.05) is 12.1 Å². The van der Waals surface area contributed by atoms with Crippen LogP contribution in [0.25, 0.3) is 0 Å². The molecule has 3 heteroatoms.